The Morgan fingerprint density at radius 3 is 2.57 bits per heavy atom. The van der Waals surface area contributed by atoms with Gasteiger partial charge in [-0.25, -0.2) is 9.36 Å². The molecule has 6 atom stereocenters. The SMILES string of the molecule is CC(C)OC(=O)[C@H](C)N[P@](=O)(OC[C@H]1O[C@@H](n2ccc(=O)[nH]c2=O)[C@@H](Br)[C@@H]1O)Oc1ccccc1. The van der Waals surface area contributed by atoms with E-state index in [4.69, 9.17) is 18.5 Å². The van der Waals surface area contributed by atoms with Crippen LogP contribution in [-0.2, 0) is 23.4 Å². The molecule has 0 unspecified atom stereocenters. The molecule has 14 heteroatoms. The second-order valence-corrected chi connectivity index (χ2v) is 10.8. The van der Waals surface area contributed by atoms with Crippen LogP contribution in [0.15, 0.2) is 52.2 Å². The van der Waals surface area contributed by atoms with Crippen molar-refractivity contribution >= 4 is 29.6 Å². The maximum atomic E-state index is 13.6. The molecule has 2 aromatic rings. The summed E-state index contributed by atoms with van der Waals surface area (Å²) in [5.41, 5.74) is -1.30. The fraction of sp³-hybridized carbons (Fsp3) is 0.476. The zero-order chi connectivity index (χ0) is 25.8. The molecule has 3 N–H and O–H groups in total. The summed E-state index contributed by atoms with van der Waals surface area (Å²) in [6.45, 7) is 4.39. The molecule has 0 saturated carbocycles. The molecule has 1 aromatic heterocycles. The number of aromatic amines is 1. The standard InChI is InChI=1S/C21H27BrN3O9P/c1-12(2)32-20(28)13(3)24-35(30,34-14-7-5-4-6-8-14)31-11-15-18(27)17(22)19(33-15)25-10-9-16(26)23-21(25)29/h4-10,12-13,15,17-19,27H,11H2,1-3H3,(H,24,30)(H,23,26,29)/t13-,15+,17-,18+,19+,35-/m0/s1. The Bertz CT molecular complexity index is 1170. The minimum Gasteiger partial charge on any atom is -0.462 e. The van der Waals surface area contributed by atoms with Gasteiger partial charge in [-0.1, -0.05) is 34.1 Å². The Kier molecular flexibility index (Phi) is 9.08. The largest absolute Gasteiger partial charge is 0.462 e. The number of nitrogens with zero attached hydrogens (tertiary/aromatic N) is 1. The first-order chi connectivity index (χ1) is 16.5. The van der Waals surface area contributed by atoms with Gasteiger partial charge in [-0.3, -0.25) is 23.7 Å². The molecule has 1 aliphatic heterocycles. The number of carbonyl (C=O) groups excluding carboxylic acids is 1. The molecule has 1 fully saturated rings. The predicted molar refractivity (Wildman–Crippen MR) is 128 cm³/mol. The Hall–Kier alpha value is -2.28. The van der Waals surface area contributed by atoms with E-state index in [1.54, 1.807) is 44.2 Å². The molecule has 0 aliphatic carbocycles. The zero-order valence-electron chi connectivity index (χ0n) is 19.2. The number of aromatic nitrogens is 2. The van der Waals surface area contributed by atoms with Gasteiger partial charge >= 0.3 is 19.4 Å². The molecule has 1 aromatic carbocycles. The number of hydrogen-bond donors (Lipinski definition) is 3. The van der Waals surface area contributed by atoms with Crippen molar-refractivity contribution in [3.05, 3.63) is 63.4 Å². The number of rotatable bonds is 10. The number of benzene rings is 1. The molecule has 192 valence electrons. The average molecular weight is 576 g/mol. The van der Waals surface area contributed by atoms with Crippen molar-refractivity contribution in [2.45, 2.75) is 56.2 Å². The van der Waals surface area contributed by atoms with E-state index in [9.17, 15) is 24.1 Å². The van der Waals surface area contributed by atoms with E-state index in [2.05, 4.69) is 26.0 Å². The summed E-state index contributed by atoms with van der Waals surface area (Å²) in [4.78, 5) is 37.1. The maximum absolute atomic E-state index is 13.6. The lowest BCUT2D eigenvalue weighted by molar-refractivity contribution is -0.149. The summed E-state index contributed by atoms with van der Waals surface area (Å²) >= 11 is 3.30. The molecule has 1 saturated heterocycles. The number of para-hydroxylation sites is 1. The van der Waals surface area contributed by atoms with E-state index >= 15 is 0 Å². The summed E-state index contributed by atoms with van der Waals surface area (Å²) in [5, 5.41) is 13.2. The van der Waals surface area contributed by atoms with E-state index in [1.807, 2.05) is 0 Å². The molecule has 3 rings (SSSR count). The number of carbonyl (C=O) groups is 1. The highest BCUT2D eigenvalue weighted by Crippen LogP contribution is 2.46. The molecule has 0 amide bonds. The van der Waals surface area contributed by atoms with Crippen molar-refractivity contribution in [2.75, 3.05) is 6.61 Å². The van der Waals surface area contributed by atoms with Crippen LogP contribution in [0.25, 0.3) is 0 Å². The van der Waals surface area contributed by atoms with Crippen molar-refractivity contribution in [3.63, 3.8) is 0 Å². The van der Waals surface area contributed by atoms with E-state index in [1.165, 1.54) is 13.1 Å². The van der Waals surface area contributed by atoms with E-state index < -0.39 is 60.9 Å². The highest BCUT2D eigenvalue weighted by atomic mass is 79.9. The van der Waals surface area contributed by atoms with Gasteiger partial charge in [-0.15, -0.1) is 0 Å². The number of hydrogen-bond acceptors (Lipinski definition) is 9. The molecule has 0 bridgehead atoms. The summed E-state index contributed by atoms with van der Waals surface area (Å²) in [7, 11) is -4.17. The molecule has 0 radical (unpaired) electrons. The molecule has 1 aliphatic rings. The highest BCUT2D eigenvalue weighted by molar-refractivity contribution is 9.09. The summed E-state index contributed by atoms with van der Waals surface area (Å²) in [5.74, 6) is -0.438. The van der Waals surface area contributed by atoms with Gasteiger partial charge < -0.3 is 19.1 Å². The normalized spacial score (nSPS) is 24.6. The van der Waals surface area contributed by atoms with E-state index in [0.717, 1.165) is 10.6 Å². The topological polar surface area (TPSA) is 158 Å². The van der Waals surface area contributed by atoms with Crippen LogP contribution in [0, 0.1) is 0 Å². The number of alkyl halides is 1. The van der Waals surface area contributed by atoms with Gasteiger partial charge in [0.2, 0.25) is 0 Å². The minimum absolute atomic E-state index is 0.219. The molecular formula is C21H27BrN3O9P. The highest BCUT2D eigenvalue weighted by Gasteiger charge is 2.45. The number of nitrogens with one attached hydrogen (secondary N) is 2. The lowest BCUT2D eigenvalue weighted by atomic mass is 10.2. The van der Waals surface area contributed by atoms with Crippen LogP contribution in [0.3, 0.4) is 0 Å². The van der Waals surface area contributed by atoms with Gasteiger partial charge in [-0.05, 0) is 32.9 Å². The molecule has 2 heterocycles. The van der Waals surface area contributed by atoms with Crippen LogP contribution in [0.4, 0.5) is 0 Å². The third kappa shape index (κ3) is 7.12. The van der Waals surface area contributed by atoms with E-state index in [0.29, 0.717) is 0 Å². The fourth-order valence-corrected chi connectivity index (χ4v) is 5.42. The van der Waals surface area contributed by atoms with Gasteiger partial charge in [0.05, 0.1) is 23.6 Å². The number of aliphatic hydroxyl groups is 1. The van der Waals surface area contributed by atoms with Gasteiger partial charge in [0.25, 0.3) is 5.56 Å². The Balaban J connectivity index is 1.75. The van der Waals surface area contributed by atoms with Crippen LogP contribution in [0.5, 0.6) is 5.75 Å². The minimum atomic E-state index is -4.17. The Labute approximate surface area is 209 Å². The molecule has 0 spiro atoms. The van der Waals surface area contributed by atoms with Crippen molar-refractivity contribution in [1.29, 1.82) is 0 Å². The monoisotopic (exact) mass is 575 g/mol. The van der Waals surface area contributed by atoms with Crippen molar-refractivity contribution in [1.82, 2.24) is 14.6 Å². The first-order valence-electron chi connectivity index (χ1n) is 10.8. The first-order valence-corrected chi connectivity index (χ1v) is 13.2. The molecular weight excluding hydrogens is 549 g/mol. The van der Waals surface area contributed by atoms with Crippen LogP contribution in [0.1, 0.15) is 27.0 Å². The lowest BCUT2D eigenvalue weighted by Gasteiger charge is -2.25. The number of halogens is 1. The summed E-state index contributed by atoms with van der Waals surface area (Å²) in [6, 6.07) is 8.30. The van der Waals surface area contributed by atoms with Crippen LogP contribution in [-0.4, -0.2) is 56.4 Å². The number of ether oxygens (including phenoxy) is 2. The smallest absolute Gasteiger partial charge is 0.459 e. The summed E-state index contributed by atoms with van der Waals surface area (Å²) < 4.78 is 36.7. The van der Waals surface area contributed by atoms with Crippen LogP contribution < -0.4 is 20.9 Å². The van der Waals surface area contributed by atoms with Gasteiger partial charge in [-0.2, -0.15) is 5.09 Å². The number of H-pyrrole nitrogens is 1. The number of aliphatic hydroxyl groups excluding tert-OH is 1. The molecule has 12 nitrogen and oxygen atoms in total. The van der Waals surface area contributed by atoms with Crippen molar-refractivity contribution < 1.29 is 33.0 Å². The fourth-order valence-electron chi connectivity index (χ4n) is 3.20. The van der Waals surface area contributed by atoms with Gasteiger partial charge in [0.15, 0.2) is 6.23 Å². The first kappa shape index (κ1) is 27.3. The van der Waals surface area contributed by atoms with Crippen molar-refractivity contribution in [3.8, 4) is 5.75 Å². The van der Waals surface area contributed by atoms with E-state index in [-0.39, 0.29) is 11.9 Å². The van der Waals surface area contributed by atoms with Crippen LogP contribution >= 0.6 is 23.7 Å². The van der Waals surface area contributed by atoms with Gasteiger partial charge in [0.1, 0.15) is 17.9 Å². The molecule has 35 heavy (non-hydrogen) atoms. The van der Waals surface area contributed by atoms with Crippen molar-refractivity contribution in [2.24, 2.45) is 0 Å². The Morgan fingerprint density at radius 1 is 1.26 bits per heavy atom. The predicted octanol–water partition coefficient (Wildman–Crippen LogP) is 1.69. The lowest BCUT2D eigenvalue weighted by Crippen LogP contribution is -2.37. The third-order valence-electron chi connectivity index (χ3n) is 4.85. The Morgan fingerprint density at radius 2 is 1.94 bits per heavy atom. The zero-order valence-corrected chi connectivity index (χ0v) is 21.7. The van der Waals surface area contributed by atoms with Gasteiger partial charge in [0, 0.05) is 12.3 Å². The second-order valence-electron chi connectivity index (χ2n) is 8.05. The van der Waals surface area contributed by atoms with Crippen LogP contribution in [0.2, 0.25) is 0 Å². The maximum Gasteiger partial charge on any atom is 0.459 e. The quantitative estimate of drug-likeness (QED) is 0.216. The third-order valence-corrected chi connectivity index (χ3v) is 7.49. The number of esters is 1. The second kappa shape index (κ2) is 11.6. The summed E-state index contributed by atoms with van der Waals surface area (Å²) in [6.07, 6.45) is -2.33. The average Bonchev–Trinajstić information content (AvgIpc) is 3.06.